The lowest BCUT2D eigenvalue weighted by Crippen LogP contribution is -2.11. The molecule has 2 heterocycles. The summed E-state index contributed by atoms with van der Waals surface area (Å²) in [6.45, 7) is 0. The fraction of sp³-hybridized carbons (Fsp3) is 0. The zero-order valence-electron chi connectivity index (χ0n) is 15.7. The Labute approximate surface area is 177 Å². The van der Waals surface area contributed by atoms with Gasteiger partial charge in [0.05, 0.1) is 16.3 Å². The number of fused-ring (bicyclic) bond motifs is 1. The topological polar surface area (TPSA) is 88.8 Å². The normalized spacial score (nSPS) is 11.8. The van der Waals surface area contributed by atoms with Crippen LogP contribution in [-0.4, -0.2) is 18.4 Å². The molecule has 0 atom stereocenters. The van der Waals surface area contributed by atoms with Gasteiger partial charge in [0.15, 0.2) is 0 Å². The van der Waals surface area contributed by atoms with Crippen LogP contribution in [0.4, 0.5) is 0 Å². The van der Waals surface area contributed by atoms with Crippen LogP contribution >= 0.6 is 11.3 Å². The van der Waals surface area contributed by atoms with Crippen molar-refractivity contribution in [3.63, 3.8) is 0 Å². The molecule has 3 aromatic carbocycles. The van der Waals surface area contributed by atoms with Gasteiger partial charge < -0.3 is 4.98 Å². The van der Waals surface area contributed by atoms with Crippen LogP contribution in [0.5, 0.6) is 0 Å². The maximum Gasteiger partial charge on any atom is 0.238 e. The molecule has 5 nitrogen and oxygen atoms in total. The molecule has 0 unspecified atom stereocenters. The number of rotatable bonds is 4. The molecule has 30 heavy (non-hydrogen) atoms. The molecule has 0 aliphatic carbocycles. The Morgan fingerprint density at radius 1 is 0.833 bits per heavy atom. The number of nitrogens with two attached hydrogens (primary N) is 1. The number of nitrogens with zero attached hydrogens (tertiary/aromatic N) is 1. The van der Waals surface area contributed by atoms with Crippen LogP contribution in [0.1, 0.15) is 0 Å². The van der Waals surface area contributed by atoms with E-state index in [9.17, 15) is 8.42 Å². The molecule has 0 amide bonds. The Morgan fingerprint density at radius 3 is 2.27 bits per heavy atom. The van der Waals surface area contributed by atoms with Crippen LogP contribution in [-0.2, 0) is 10.0 Å². The zero-order valence-corrected chi connectivity index (χ0v) is 17.4. The number of thiazole rings is 1. The standard InChI is InChI=1S/C23H17N3O2S2/c24-30(27,28)17-12-10-16(11-13-17)23-26-20(14-29-23)21-18-8-4-5-9-19(18)25-22(21)15-6-2-1-3-7-15/h1-14,25H,(H2,24,27,28). The van der Waals surface area contributed by atoms with E-state index in [1.54, 1.807) is 12.1 Å². The minimum atomic E-state index is -3.71. The highest BCUT2D eigenvalue weighted by molar-refractivity contribution is 7.89. The van der Waals surface area contributed by atoms with E-state index in [0.29, 0.717) is 0 Å². The monoisotopic (exact) mass is 431 g/mol. The molecule has 5 aromatic rings. The Bertz CT molecular complexity index is 1450. The first-order chi connectivity index (χ1) is 14.5. The summed E-state index contributed by atoms with van der Waals surface area (Å²) >= 11 is 1.52. The third-order valence-corrected chi connectivity index (χ3v) is 6.78. The first-order valence-corrected chi connectivity index (χ1v) is 11.7. The molecule has 7 heteroatoms. The number of H-pyrrole nitrogens is 1. The lowest BCUT2D eigenvalue weighted by atomic mass is 10.0. The number of hydrogen-bond acceptors (Lipinski definition) is 4. The van der Waals surface area contributed by atoms with Gasteiger partial charge in [-0.15, -0.1) is 11.3 Å². The van der Waals surface area contributed by atoms with Gasteiger partial charge in [-0.1, -0.05) is 60.7 Å². The minimum absolute atomic E-state index is 0.0889. The Balaban J connectivity index is 1.63. The minimum Gasteiger partial charge on any atom is -0.354 e. The summed E-state index contributed by atoms with van der Waals surface area (Å²) < 4.78 is 23.0. The van der Waals surface area contributed by atoms with E-state index in [1.165, 1.54) is 23.5 Å². The average Bonchev–Trinajstić information content (AvgIpc) is 3.38. The first kappa shape index (κ1) is 18.7. The summed E-state index contributed by atoms with van der Waals surface area (Å²) in [6, 6.07) is 24.8. The van der Waals surface area contributed by atoms with Crippen molar-refractivity contribution in [3.05, 3.63) is 84.2 Å². The number of sulfonamides is 1. The summed E-state index contributed by atoms with van der Waals surface area (Å²) in [4.78, 5) is 8.49. The van der Waals surface area contributed by atoms with Crippen molar-refractivity contribution in [2.45, 2.75) is 4.90 Å². The van der Waals surface area contributed by atoms with Crippen molar-refractivity contribution in [2.24, 2.45) is 5.14 Å². The molecule has 0 radical (unpaired) electrons. The molecule has 0 spiro atoms. The number of aromatic amines is 1. The second kappa shape index (κ2) is 7.21. The molecule has 5 rings (SSSR count). The van der Waals surface area contributed by atoms with E-state index in [1.807, 2.05) is 35.7 Å². The van der Waals surface area contributed by atoms with Crippen LogP contribution in [0.2, 0.25) is 0 Å². The smallest absolute Gasteiger partial charge is 0.238 e. The van der Waals surface area contributed by atoms with Crippen LogP contribution in [0.3, 0.4) is 0 Å². The van der Waals surface area contributed by atoms with E-state index in [0.717, 1.165) is 44.0 Å². The summed E-state index contributed by atoms with van der Waals surface area (Å²) in [6.07, 6.45) is 0. The Kier molecular flexibility index (Phi) is 4.51. The van der Waals surface area contributed by atoms with Gasteiger partial charge in [-0.25, -0.2) is 18.5 Å². The van der Waals surface area contributed by atoms with Gasteiger partial charge in [0.2, 0.25) is 10.0 Å². The third kappa shape index (κ3) is 3.33. The second-order valence-corrected chi connectivity index (χ2v) is 9.31. The summed E-state index contributed by atoms with van der Waals surface area (Å²) in [5.41, 5.74) is 5.95. The number of nitrogens with one attached hydrogen (secondary N) is 1. The zero-order chi connectivity index (χ0) is 20.7. The summed E-state index contributed by atoms with van der Waals surface area (Å²) in [5.74, 6) is 0. The lowest BCUT2D eigenvalue weighted by Gasteiger charge is -2.03. The first-order valence-electron chi connectivity index (χ1n) is 9.26. The Hall–Kier alpha value is -3.26. The molecular weight excluding hydrogens is 414 g/mol. The van der Waals surface area contributed by atoms with Gasteiger partial charge in [0.25, 0.3) is 0 Å². The predicted molar refractivity (Wildman–Crippen MR) is 122 cm³/mol. The maximum atomic E-state index is 11.5. The van der Waals surface area contributed by atoms with Crippen molar-refractivity contribution in [3.8, 4) is 33.1 Å². The summed E-state index contributed by atoms with van der Waals surface area (Å²) in [5, 5.41) is 9.15. The highest BCUT2D eigenvalue weighted by Gasteiger charge is 2.18. The van der Waals surface area contributed by atoms with E-state index in [-0.39, 0.29) is 4.90 Å². The number of primary sulfonamides is 1. The molecule has 0 aliphatic heterocycles. The predicted octanol–water partition coefficient (Wildman–Crippen LogP) is 5.27. The quantitative estimate of drug-likeness (QED) is 0.406. The molecule has 0 fully saturated rings. The number of benzene rings is 3. The van der Waals surface area contributed by atoms with Crippen molar-refractivity contribution in [1.29, 1.82) is 0 Å². The molecule has 148 valence electrons. The molecule has 0 saturated heterocycles. The van der Waals surface area contributed by atoms with Crippen molar-refractivity contribution < 1.29 is 8.42 Å². The lowest BCUT2D eigenvalue weighted by molar-refractivity contribution is 0.598. The molecule has 0 aliphatic rings. The van der Waals surface area contributed by atoms with E-state index >= 15 is 0 Å². The van der Waals surface area contributed by atoms with Crippen molar-refractivity contribution in [2.75, 3.05) is 0 Å². The molecular formula is C23H17N3O2S2. The van der Waals surface area contributed by atoms with Gasteiger partial charge in [0, 0.05) is 27.4 Å². The van der Waals surface area contributed by atoms with E-state index < -0.39 is 10.0 Å². The van der Waals surface area contributed by atoms with E-state index in [2.05, 4.69) is 29.2 Å². The summed E-state index contributed by atoms with van der Waals surface area (Å²) in [7, 11) is -3.71. The highest BCUT2D eigenvalue weighted by Crippen LogP contribution is 2.39. The third-order valence-electron chi connectivity index (χ3n) is 4.96. The van der Waals surface area contributed by atoms with Crippen molar-refractivity contribution >= 4 is 32.3 Å². The average molecular weight is 432 g/mol. The number of aromatic nitrogens is 2. The fourth-order valence-corrected chi connectivity index (χ4v) is 4.87. The highest BCUT2D eigenvalue weighted by atomic mass is 32.2. The van der Waals surface area contributed by atoms with E-state index in [4.69, 9.17) is 10.1 Å². The van der Waals surface area contributed by atoms with Gasteiger partial charge in [-0.3, -0.25) is 0 Å². The molecule has 0 saturated carbocycles. The molecule has 0 bridgehead atoms. The fourth-order valence-electron chi connectivity index (χ4n) is 3.54. The number of hydrogen-bond donors (Lipinski definition) is 2. The van der Waals surface area contributed by atoms with Crippen LogP contribution in [0, 0.1) is 0 Å². The maximum absolute atomic E-state index is 11.5. The Morgan fingerprint density at radius 2 is 1.53 bits per heavy atom. The van der Waals surface area contributed by atoms with Gasteiger partial charge in [-0.05, 0) is 23.8 Å². The van der Waals surface area contributed by atoms with Crippen LogP contribution in [0.25, 0.3) is 44.0 Å². The van der Waals surface area contributed by atoms with Gasteiger partial charge in [-0.2, -0.15) is 0 Å². The second-order valence-electron chi connectivity index (χ2n) is 6.89. The van der Waals surface area contributed by atoms with Crippen LogP contribution < -0.4 is 5.14 Å². The van der Waals surface area contributed by atoms with Gasteiger partial charge in [0.1, 0.15) is 5.01 Å². The van der Waals surface area contributed by atoms with Crippen molar-refractivity contribution in [1.82, 2.24) is 9.97 Å². The molecule has 3 N–H and O–H groups in total. The van der Waals surface area contributed by atoms with Gasteiger partial charge >= 0.3 is 0 Å². The van der Waals surface area contributed by atoms with Crippen LogP contribution in [0.15, 0.2) is 89.1 Å². The number of para-hydroxylation sites is 1. The largest absolute Gasteiger partial charge is 0.354 e. The molecule has 2 aromatic heterocycles. The SMILES string of the molecule is NS(=O)(=O)c1ccc(-c2nc(-c3c(-c4ccccc4)[nH]c4ccccc34)cs2)cc1.